The standard InChI is InChI=1S/C25H31FN4O5/c26-17-10-12-18(13-11-17)28-23(33)25-15-16(25)7-4-2-1-3-5-9-20(35-24(27)34)22(32)30-14-6-8-19(30)21(31)29-25/h4,7,10-13,16,19-20H,1-3,5-6,8-9,14-15H2,(H2,27,34)(H,28,33)(H,29,31)/b7-4-. The zero-order valence-corrected chi connectivity index (χ0v) is 19.5. The Balaban J connectivity index is 1.56. The summed E-state index contributed by atoms with van der Waals surface area (Å²) in [5, 5.41) is 5.69. The molecule has 3 aliphatic rings. The molecule has 4 amide bonds. The maximum absolute atomic E-state index is 13.4. The highest BCUT2D eigenvalue weighted by Crippen LogP contribution is 2.46. The van der Waals surface area contributed by atoms with Crippen LogP contribution in [0.4, 0.5) is 14.9 Å². The number of nitrogens with two attached hydrogens (primary N) is 1. The van der Waals surface area contributed by atoms with E-state index in [0.717, 1.165) is 19.3 Å². The Bertz CT molecular complexity index is 1010. The number of carbonyl (C=O) groups is 4. The molecule has 0 bridgehead atoms. The number of allylic oxidation sites excluding steroid dienone is 1. The van der Waals surface area contributed by atoms with Gasteiger partial charge in [-0.3, -0.25) is 14.4 Å². The van der Waals surface area contributed by atoms with Gasteiger partial charge in [0.25, 0.3) is 11.8 Å². The third kappa shape index (κ3) is 5.63. The van der Waals surface area contributed by atoms with Crippen LogP contribution in [-0.2, 0) is 19.1 Å². The van der Waals surface area contributed by atoms with Gasteiger partial charge in [-0.1, -0.05) is 18.6 Å². The lowest BCUT2D eigenvalue weighted by Gasteiger charge is -2.29. The van der Waals surface area contributed by atoms with Crippen LogP contribution in [0, 0.1) is 11.7 Å². The summed E-state index contributed by atoms with van der Waals surface area (Å²) in [6.07, 6.45) is 6.88. The number of nitrogens with zero attached hydrogens (tertiary/aromatic N) is 1. The van der Waals surface area contributed by atoms with Gasteiger partial charge >= 0.3 is 6.09 Å². The average Bonchev–Trinajstić information content (AvgIpc) is 3.28. The van der Waals surface area contributed by atoms with Crippen molar-refractivity contribution in [2.24, 2.45) is 11.7 Å². The number of anilines is 1. The van der Waals surface area contributed by atoms with E-state index < -0.39 is 41.4 Å². The van der Waals surface area contributed by atoms with Crippen molar-refractivity contribution in [3.8, 4) is 0 Å². The van der Waals surface area contributed by atoms with Gasteiger partial charge in [-0.25, -0.2) is 9.18 Å². The van der Waals surface area contributed by atoms with Crippen LogP contribution in [0.1, 0.15) is 51.4 Å². The summed E-state index contributed by atoms with van der Waals surface area (Å²) in [6.45, 7) is 0.355. The first kappa shape index (κ1) is 24.7. The van der Waals surface area contributed by atoms with Crippen molar-refractivity contribution in [1.29, 1.82) is 0 Å². The maximum atomic E-state index is 13.4. The van der Waals surface area contributed by atoms with Crippen molar-refractivity contribution in [2.75, 3.05) is 11.9 Å². The second-order valence-corrected chi connectivity index (χ2v) is 9.41. The molecule has 10 heteroatoms. The summed E-state index contributed by atoms with van der Waals surface area (Å²) >= 11 is 0. The highest BCUT2D eigenvalue weighted by atomic mass is 19.1. The molecule has 1 saturated carbocycles. The molecule has 0 spiro atoms. The maximum Gasteiger partial charge on any atom is 0.405 e. The summed E-state index contributed by atoms with van der Waals surface area (Å²) in [5.74, 6) is -1.85. The Morgan fingerprint density at radius 3 is 2.63 bits per heavy atom. The predicted octanol–water partition coefficient (Wildman–Crippen LogP) is 2.61. The van der Waals surface area contributed by atoms with Crippen LogP contribution in [0.5, 0.6) is 0 Å². The number of rotatable bonds is 3. The third-order valence-electron chi connectivity index (χ3n) is 6.95. The van der Waals surface area contributed by atoms with Gasteiger partial charge in [-0.05, 0) is 69.2 Å². The smallest absolute Gasteiger partial charge is 0.405 e. The number of hydrogen-bond acceptors (Lipinski definition) is 5. The van der Waals surface area contributed by atoms with Crippen molar-refractivity contribution < 1.29 is 28.3 Å². The average molecular weight is 487 g/mol. The van der Waals surface area contributed by atoms with Crippen molar-refractivity contribution in [3.05, 3.63) is 42.2 Å². The second kappa shape index (κ2) is 10.5. The van der Waals surface area contributed by atoms with Gasteiger partial charge in [-0.2, -0.15) is 0 Å². The summed E-state index contributed by atoms with van der Waals surface area (Å²) in [5.41, 5.74) is 4.47. The van der Waals surface area contributed by atoms with Crippen molar-refractivity contribution in [3.63, 3.8) is 0 Å². The van der Waals surface area contributed by atoms with E-state index in [2.05, 4.69) is 10.6 Å². The molecule has 2 aliphatic heterocycles. The van der Waals surface area contributed by atoms with E-state index in [-0.39, 0.29) is 11.8 Å². The second-order valence-electron chi connectivity index (χ2n) is 9.41. The number of nitrogens with one attached hydrogen (secondary N) is 2. The molecular formula is C25H31FN4O5. The number of benzene rings is 1. The molecule has 4 N–H and O–H groups in total. The van der Waals surface area contributed by atoms with Crippen LogP contribution in [0.2, 0.25) is 0 Å². The first-order chi connectivity index (χ1) is 16.8. The Hall–Kier alpha value is -3.43. The molecule has 4 unspecified atom stereocenters. The molecule has 4 rings (SSSR count). The molecule has 1 aromatic rings. The lowest BCUT2D eigenvalue weighted by atomic mass is 10.1. The largest absolute Gasteiger partial charge is 0.436 e. The lowest BCUT2D eigenvalue weighted by Crippen LogP contribution is -2.55. The number of halogens is 1. The summed E-state index contributed by atoms with van der Waals surface area (Å²) in [4.78, 5) is 52.7. The molecule has 188 valence electrons. The fourth-order valence-electron chi connectivity index (χ4n) is 4.95. The molecule has 9 nitrogen and oxygen atoms in total. The van der Waals surface area contributed by atoms with Crippen LogP contribution in [0.15, 0.2) is 36.4 Å². The van der Waals surface area contributed by atoms with E-state index in [4.69, 9.17) is 10.5 Å². The molecule has 35 heavy (non-hydrogen) atoms. The van der Waals surface area contributed by atoms with Crippen molar-refractivity contribution in [2.45, 2.75) is 69.1 Å². The predicted molar refractivity (Wildman–Crippen MR) is 125 cm³/mol. The van der Waals surface area contributed by atoms with E-state index in [9.17, 15) is 23.6 Å². The zero-order valence-electron chi connectivity index (χ0n) is 19.5. The number of ether oxygens (including phenoxy) is 1. The van der Waals surface area contributed by atoms with E-state index in [1.54, 1.807) is 0 Å². The van der Waals surface area contributed by atoms with E-state index >= 15 is 0 Å². The van der Waals surface area contributed by atoms with Gasteiger partial charge in [0.05, 0.1) is 0 Å². The minimum Gasteiger partial charge on any atom is -0.436 e. The fourth-order valence-corrected chi connectivity index (χ4v) is 4.95. The van der Waals surface area contributed by atoms with Crippen LogP contribution >= 0.6 is 0 Å². The van der Waals surface area contributed by atoms with E-state index in [1.807, 2.05) is 12.2 Å². The molecular weight excluding hydrogens is 455 g/mol. The molecule has 1 aromatic carbocycles. The van der Waals surface area contributed by atoms with E-state index in [1.165, 1.54) is 29.2 Å². The third-order valence-corrected chi connectivity index (χ3v) is 6.95. The fraction of sp³-hybridized carbons (Fsp3) is 0.520. The van der Waals surface area contributed by atoms with E-state index in [0.29, 0.717) is 44.3 Å². The first-order valence-corrected chi connectivity index (χ1v) is 12.1. The Morgan fingerprint density at radius 1 is 1.11 bits per heavy atom. The number of primary amides is 1. The van der Waals surface area contributed by atoms with Gasteiger partial charge in [0.1, 0.15) is 17.4 Å². The SMILES string of the molecule is NC(=O)OC1CCCCC/C=C\C2CC2(C(=O)Nc2ccc(F)cc2)NC(=O)C2CCCN2C1=O. The molecule has 1 aliphatic carbocycles. The van der Waals surface area contributed by atoms with Gasteiger partial charge in [0, 0.05) is 18.2 Å². The monoisotopic (exact) mass is 486 g/mol. The van der Waals surface area contributed by atoms with Crippen molar-refractivity contribution in [1.82, 2.24) is 10.2 Å². The highest BCUT2D eigenvalue weighted by molar-refractivity contribution is 6.04. The topological polar surface area (TPSA) is 131 Å². The summed E-state index contributed by atoms with van der Waals surface area (Å²) in [7, 11) is 0. The lowest BCUT2D eigenvalue weighted by molar-refractivity contribution is -0.146. The number of fused-ring (bicyclic) bond motifs is 2. The first-order valence-electron chi connectivity index (χ1n) is 12.1. The number of amides is 4. The van der Waals surface area contributed by atoms with Gasteiger partial charge in [0.2, 0.25) is 5.91 Å². The van der Waals surface area contributed by atoms with Gasteiger partial charge < -0.3 is 26.0 Å². The van der Waals surface area contributed by atoms with Gasteiger partial charge in [-0.15, -0.1) is 0 Å². The van der Waals surface area contributed by atoms with Crippen LogP contribution < -0.4 is 16.4 Å². The van der Waals surface area contributed by atoms with Crippen LogP contribution in [0.25, 0.3) is 0 Å². The zero-order chi connectivity index (χ0) is 25.0. The van der Waals surface area contributed by atoms with Crippen LogP contribution in [-0.4, -0.2) is 52.9 Å². The minimum atomic E-state index is -1.15. The molecule has 0 aromatic heterocycles. The molecule has 2 heterocycles. The Labute approximate surface area is 203 Å². The molecule has 2 fully saturated rings. The number of hydrogen-bond donors (Lipinski definition) is 3. The quantitative estimate of drug-likeness (QED) is 0.566. The molecule has 1 saturated heterocycles. The minimum absolute atomic E-state index is 0.187. The van der Waals surface area contributed by atoms with Crippen molar-refractivity contribution >= 4 is 29.5 Å². The highest BCUT2D eigenvalue weighted by Gasteiger charge is 2.60. The normalized spacial score (nSPS) is 30.1. The molecule has 4 atom stereocenters. The summed E-state index contributed by atoms with van der Waals surface area (Å²) < 4.78 is 18.4. The Kier molecular flexibility index (Phi) is 7.37. The van der Waals surface area contributed by atoms with Gasteiger partial charge in [0.15, 0.2) is 6.10 Å². The summed E-state index contributed by atoms with van der Waals surface area (Å²) in [6, 6.07) is 4.65. The van der Waals surface area contributed by atoms with Crippen LogP contribution in [0.3, 0.4) is 0 Å². The number of carbonyl (C=O) groups excluding carboxylic acids is 4. The Morgan fingerprint density at radius 2 is 1.89 bits per heavy atom. The molecule has 0 radical (unpaired) electrons.